The van der Waals surface area contributed by atoms with Gasteiger partial charge >= 0.3 is 35.5 Å². The predicted molar refractivity (Wildman–Crippen MR) is 21.5 cm³/mol. The molecule has 0 heterocycles. The fourth-order valence-corrected chi connectivity index (χ4v) is 0. The van der Waals surface area contributed by atoms with E-state index in [0.29, 0.717) is 0 Å². The van der Waals surface area contributed by atoms with Gasteiger partial charge in [-0.3, -0.25) is 4.79 Å². The van der Waals surface area contributed by atoms with Crippen LogP contribution in [0.25, 0.3) is 0 Å². The standard InChI is InChI=1S/C2H4O2S.Na/c3-2(4)1-5;/h5H,1H2,(H,3,4);/q;+1. The number of hydrogen-bond acceptors (Lipinski definition) is 2. The van der Waals surface area contributed by atoms with E-state index >= 15 is 0 Å². The van der Waals surface area contributed by atoms with Crippen LogP contribution in [0.3, 0.4) is 0 Å². The van der Waals surface area contributed by atoms with E-state index in [1.165, 1.54) is 0 Å². The van der Waals surface area contributed by atoms with Crippen molar-refractivity contribution in [3.63, 3.8) is 0 Å². The van der Waals surface area contributed by atoms with E-state index in [-0.39, 0.29) is 35.3 Å². The zero-order chi connectivity index (χ0) is 4.28. The first-order chi connectivity index (χ1) is 2.27. The summed E-state index contributed by atoms with van der Waals surface area (Å²) in [6.45, 7) is 0. The molecule has 0 radical (unpaired) electrons. The van der Waals surface area contributed by atoms with Crippen LogP contribution in [0.4, 0.5) is 0 Å². The molecule has 0 aromatic carbocycles. The molecule has 2 nitrogen and oxygen atoms in total. The smallest absolute Gasteiger partial charge is 0.481 e. The van der Waals surface area contributed by atoms with Crippen LogP contribution in [0.2, 0.25) is 0 Å². The second kappa shape index (κ2) is 5.82. The Morgan fingerprint density at radius 2 is 2.00 bits per heavy atom. The van der Waals surface area contributed by atoms with Crippen LogP contribution < -0.4 is 29.6 Å². The van der Waals surface area contributed by atoms with Crippen LogP contribution in [-0.2, 0) is 4.79 Å². The Labute approximate surface area is 63.6 Å². The molecule has 0 aromatic rings. The van der Waals surface area contributed by atoms with Crippen LogP contribution in [0.1, 0.15) is 0 Å². The molecule has 0 bridgehead atoms. The maximum absolute atomic E-state index is 9.29. The molecule has 0 rings (SSSR count). The first-order valence-corrected chi connectivity index (χ1v) is 1.73. The average Bonchev–Trinajstić information content (AvgIpc) is 1.38. The summed E-state index contributed by atoms with van der Waals surface area (Å²) in [4.78, 5) is 9.29. The van der Waals surface area contributed by atoms with E-state index in [1.54, 1.807) is 0 Å². The van der Waals surface area contributed by atoms with Gasteiger partial charge in [0.05, 0.1) is 5.75 Å². The Balaban J connectivity index is 0. The first-order valence-electron chi connectivity index (χ1n) is 1.10. The van der Waals surface area contributed by atoms with Gasteiger partial charge in [0, 0.05) is 0 Å². The van der Waals surface area contributed by atoms with Crippen LogP contribution in [0.5, 0.6) is 0 Å². The summed E-state index contributed by atoms with van der Waals surface area (Å²) in [5, 5.41) is 7.65. The number of carboxylic acid groups (broad SMARTS) is 1. The third-order valence-corrected chi connectivity index (χ3v) is 0.406. The third-order valence-electron chi connectivity index (χ3n) is 0.135. The molecule has 0 atom stereocenters. The number of carbonyl (C=O) groups is 1. The summed E-state index contributed by atoms with van der Waals surface area (Å²) in [7, 11) is 0. The van der Waals surface area contributed by atoms with E-state index in [1.807, 2.05) is 0 Å². The molecular weight excluding hydrogens is 111 g/mol. The molecule has 0 aliphatic heterocycles. The Kier molecular flexibility index (Phi) is 9.65. The van der Waals surface area contributed by atoms with E-state index in [4.69, 9.17) is 5.11 Å². The number of hydrogen-bond donors (Lipinski definition) is 2. The van der Waals surface area contributed by atoms with Crippen molar-refractivity contribution >= 4 is 18.6 Å². The summed E-state index contributed by atoms with van der Waals surface area (Å²) in [6, 6.07) is 0. The zero-order valence-corrected chi connectivity index (χ0v) is 6.40. The van der Waals surface area contributed by atoms with Crippen LogP contribution >= 0.6 is 12.6 Å². The average molecular weight is 115 g/mol. The Morgan fingerprint density at radius 3 is 2.00 bits per heavy atom. The molecule has 30 valence electrons. The van der Waals surface area contributed by atoms with Crippen molar-refractivity contribution in [3.05, 3.63) is 0 Å². The monoisotopic (exact) mass is 115 g/mol. The van der Waals surface area contributed by atoms with Gasteiger partial charge in [-0.2, -0.15) is 12.6 Å². The molecule has 0 saturated heterocycles. The number of carboxylic acids is 1. The van der Waals surface area contributed by atoms with Crippen molar-refractivity contribution in [2.75, 3.05) is 5.75 Å². The van der Waals surface area contributed by atoms with Crippen molar-refractivity contribution in [3.8, 4) is 0 Å². The summed E-state index contributed by atoms with van der Waals surface area (Å²) in [6.07, 6.45) is 0. The van der Waals surface area contributed by atoms with E-state index in [2.05, 4.69) is 12.6 Å². The zero-order valence-electron chi connectivity index (χ0n) is 3.51. The summed E-state index contributed by atoms with van der Waals surface area (Å²) >= 11 is 3.42. The number of aliphatic carboxylic acids is 1. The first kappa shape index (κ1) is 9.94. The van der Waals surface area contributed by atoms with Crippen LogP contribution in [-0.4, -0.2) is 16.8 Å². The van der Waals surface area contributed by atoms with Crippen LogP contribution in [0.15, 0.2) is 0 Å². The predicted octanol–water partition coefficient (Wildman–Crippen LogP) is -3.00. The minimum absolute atomic E-state index is 0. The molecule has 0 aromatic heterocycles. The molecule has 6 heavy (non-hydrogen) atoms. The summed E-state index contributed by atoms with van der Waals surface area (Å²) < 4.78 is 0. The van der Waals surface area contributed by atoms with E-state index in [0.717, 1.165) is 0 Å². The fourth-order valence-electron chi connectivity index (χ4n) is 0. The molecule has 0 aliphatic carbocycles. The van der Waals surface area contributed by atoms with Gasteiger partial charge < -0.3 is 5.11 Å². The van der Waals surface area contributed by atoms with Crippen molar-refractivity contribution < 1.29 is 39.5 Å². The summed E-state index contributed by atoms with van der Waals surface area (Å²) in [5.74, 6) is -0.965. The van der Waals surface area contributed by atoms with E-state index < -0.39 is 5.97 Å². The number of rotatable bonds is 1. The largest absolute Gasteiger partial charge is 1.00 e. The van der Waals surface area contributed by atoms with Crippen LogP contribution in [0, 0.1) is 0 Å². The minimum atomic E-state index is -0.881. The maximum atomic E-state index is 9.29. The fraction of sp³-hybridized carbons (Fsp3) is 0.500. The second-order valence-electron chi connectivity index (χ2n) is 0.552. The Bertz CT molecular complexity index is 46.8. The summed E-state index contributed by atoms with van der Waals surface area (Å²) in [5.41, 5.74) is 0. The van der Waals surface area contributed by atoms with Gasteiger partial charge in [-0.15, -0.1) is 0 Å². The van der Waals surface area contributed by atoms with Gasteiger partial charge in [0.15, 0.2) is 0 Å². The molecular formula is C2H4NaO2S+. The molecule has 1 N–H and O–H groups in total. The Morgan fingerprint density at radius 1 is 1.83 bits per heavy atom. The Hall–Kier alpha value is 0.820. The third kappa shape index (κ3) is 8.84. The molecule has 0 fully saturated rings. The maximum Gasteiger partial charge on any atom is 1.00 e. The number of thiol groups is 1. The van der Waals surface area contributed by atoms with Crippen molar-refractivity contribution in [1.82, 2.24) is 0 Å². The molecule has 0 saturated carbocycles. The van der Waals surface area contributed by atoms with Gasteiger partial charge in [0.1, 0.15) is 0 Å². The quantitative estimate of drug-likeness (QED) is 0.282. The molecule has 4 heteroatoms. The van der Waals surface area contributed by atoms with Gasteiger partial charge in [0.2, 0.25) is 0 Å². The van der Waals surface area contributed by atoms with E-state index in [9.17, 15) is 4.79 Å². The normalized spacial score (nSPS) is 6.17. The second-order valence-corrected chi connectivity index (χ2v) is 0.868. The molecule has 0 unspecified atom stereocenters. The van der Waals surface area contributed by atoms with Crippen molar-refractivity contribution in [1.29, 1.82) is 0 Å². The molecule has 0 aliphatic rings. The minimum Gasteiger partial charge on any atom is -0.481 e. The topological polar surface area (TPSA) is 37.3 Å². The molecule has 0 amide bonds. The van der Waals surface area contributed by atoms with Gasteiger partial charge in [-0.1, -0.05) is 0 Å². The SMILES string of the molecule is O=C(O)CS.[Na+]. The van der Waals surface area contributed by atoms with Gasteiger partial charge in [-0.25, -0.2) is 0 Å². The van der Waals surface area contributed by atoms with Gasteiger partial charge in [-0.05, 0) is 0 Å². The molecule has 0 spiro atoms. The van der Waals surface area contributed by atoms with Gasteiger partial charge in [0.25, 0.3) is 0 Å². The van der Waals surface area contributed by atoms with Crippen molar-refractivity contribution in [2.24, 2.45) is 0 Å². The van der Waals surface area contributed by atoms with Crippen molar-refractivity contribution in [2.45, 2.75) is 0 Å².